The number of hydrogen-bond donors (Lipinski definition) is 1. The van der Waals surface area contributed by atoms with Crippen molar-refractivity contribution in [2.24, 2.45) is 0 Å². The molecule has 0 aliphatic carbocycles. The SMILES string of the molecule is CC(F)(F)c1cccc(-c2cc(N)no2)c1. The first-order chi connectivity index (χ1) is 7.47. The molecule has 2 aromatic rings. The van der Waals surface area contributed by atoms with Gasteiger partial charge in [-0.25, -0.2) is 8.78 Å². The number of rotatable bonds is 2. The standard InChI is InChI=1S/C11H10F2N2O/c1-11(12,13)8-4-2-3-7(5-8)9-6-10(14)15-16-9/h2-6H,1H3,(H2,14,15). The van der Waals surface area contributed by atoms with Crippen molar-refractivity contribution >= 4 is 5.82 Å². The van der Waals surface area contributed by atoms with E-state index in [4.69, 9.17) is 10.3 Å². The van der Waals surface area contributed by atoms with Crippen LogP contribution in [0.4, 0.5) is 14.6 Å². The van der Waals surface area contributed by atoms with Crippen molar-refractivity contribution in [1.82, 2.24) is 5.16 Å². The number of halogens is 2. The highest BCUT2D eigenvalue weighted by molar-refractivity contribution is 5.61. The lowest BCUT2D eigenvalue weighted by molar-refractivity contribution is 0.0175. The van der Waals surface area contributed by atoms with Crippen LogP contribution in [-0.2, 0) is 5.92 Å². The fraction of sp³-hybridized carbons (Fsp3) is 0.182. The monoisotopic (exact) mass is 224 g/mol. The fourth-order valence-electron chi connectivity index (χ4n) is 1.37. The summed E-state index contributed by atoms with van der Waals surface area (Å²) in [5, 5.41) is 3.50. The van der Waals surface area contributed by atoms with E-state index in [9.17, 15) is 8.78 Å². The molecule has 2 rings (SSSR count). The summed E-state index contributed by atoms with van der Waals surface area (Å²) in [5.41, 5.74) is 5.85. The van der Waals surface area contributed by atoms with Crippen LogP contribution in [0.1, 0.15) is 12.5 Å². The summed E-state index contributed by atoms with van der Waals surface area (Å²) in [6, 6.07) is 7.42. The number of nitrogens with zero attached hydrogens (tertiary/aromatic N) is 1. The first-order valence-corrected chi connectivity index (χ1v) is 4.68. The maximum atomic E-state index is 13.1. The summed E-state index contributed by atoms with van der Waals surface area (Å²) in [5.74, 6) is -2.27. The summed E-state index contributed by atoms with van der Waals surface area (Å²) in [6.07, 6.45) is 0. The molecule has 0 atom stereocenters. The van der Waals surface area contributed by atoms with Crippen LogP contribution in [0.2, 0.25) is 0 Å². The number of alkyl halides is 2. The minimum atomic E-state index is -2.87. The zero-order chi connectivity index (χ0) is 11.8. The predicted octanol–water partition coefficient (Wildman–Crippen LogP) is 3.04. The Hall–Kier alpha value is -1.91. The van der Waals surface area contributed by atoms with Crippen molar-refractivity contribution in [2.45, 2.75) is 12.8 Å². The Morgan fingerprint density at radius 2 is 2.06 bits per heavy atom. The van der Waals surface area contributed by atoms with E-state index in [-0.39, 0.29) is 11.4 Å². The van der Waals surface area contributed by atoms with Gasteiger partial charge in [-0.3, -0.25) is 0 Å². The van der Waals surface area contributed by atoms with Gasteiger partial charge in [-0.2, -0.15) is 0 Å². The van der Waals surface area contributed by atoms with E-state index >= 15 is 0 Å². The molecule has 1 aromatic carbocycles. The van der Waals surface area contributed by atoms with Crippen LogP contribution < -0.4 is 5.73 Å². The third-order valence-corrected chi connectivity index (χ3v) is 2.18. The molecule has 0 unspecified atom stereocenters. The predicted molar refractivity (Wildman–Crippen MR) is 55.9 cm³/mol. The van der Waals surface area contributed by atoms with Crippen LogP contribution in [-0.4, -0.2) is 5.16 Å². The van der Waals surface area contributed by atoms with Crippen LogP contribution in [0.15, 0.2) is 34.9 Å². The van der Waals surface area contributed by atoms with Gasteiger partial charge in [0.15, 0.2) is 11.6 Å². The largest absolute Gasteiger partial charge is 0.381 e. The molecule has 0 saturated heterocycles. The second-order valence-electron chi connectivity index (χ2n) is 3.59. The molecular formula is C11H10F2N2O. The minimum absolute atomic E-state index is 0.0695. The Balaban J connectivity index is 2.44. The highest BCUT2D eigenvalue weighted by Gasteiger charge is 2.24. The van der Waals surface area contributed by atoms with E-state index in [1.807, 2.05) is 0 Å². The Bertz CT molecular complexity index is 503. The molecular weight excluding hydrogens is 214 g/mol. The molecule has 0 spiro atoms. The molecule has 0 amide bonds. The number of nitrogens with two attached hydrogens (primary N) is 1. The van der Waals surface area contributed by atoms with Crippen LogP contribution >= 0.6 is 0 Å². The molecule has 0 aliphatic rings. The number of hydrogen-bond acceptors (Lipinski definition) is 3. The van der Waals surface area contributed by atoms with Gasteiger partial charge in [0, 0.05) is 24.1 Å². The summed E-state index contributed by atoms with van der Waals surface area (Å²) in [6.45, 7) is 0.848. The van der Waals surface area contributed by atoms with Gasteiger partial charge in [0.1, 0.15) is 0 Å². The number of nitrogen functional groups attached to an aromatic ring is 1. The summed E-state index contributed by atoms with van der Waals surface area (Å²) >= 11 is 0. The second-order valence-corrected chi connectivity index (χ2v) is 3.59. The molecule has 0 radical (unpaired) electrons. The topological polar surface area (TPSA) is 52.0 Å². The zero-order valence-electron chi connectivity index (χ0n) is 8.58. The van der Waals surface area contributed by atoms with E-state index in [0.717, 1.165) is 6.92 Å². The average Bonchev–Trinajstić information content (AvgIpc) is 2.64. The van der Waals surface area contributed by atoms with E-state index in [0.29, 0.717) is 11.3 Å². The smallest absolute Gasteiger partial charge is 0.270 e. The van der Waals surface area contributed by atoms with Gasteiger partial charge in [0.25, 0.3) is 5.92 Å². The maximum absolute atomic E-state index is 13.1. The summed E-state index contributed by atoms with van der Waals surface area (Å²) in [4.78, 5) is 0. The quantitative estimate of drug-likeness (QED) is 0.852. The lowest BCUT2D eigenvalue weighted by atomic mass is 10.1. The molecule has 1 heterocycles. The molecule has 1 aromatic heterocycles. The number of benzene rings is 1. The Morgan fingerprint density at radius 3 is 2.62 bits per heavy atom. The van der Waals surface area contributed by atoms with Crippen molar-refractivity contribution in [3.63, 3.8) is 0 Å². The third-order valence-electron chi connectivity index (χ3n) is 2.18. The van der Waals surface area contributed by atoms with Crippen molar-refractivity contribution in [1.29, 1.82) is 0 Å². The van der Waals surface area contributed by atoms with E-state index < -0.39 is 5.92 Å². The van der Waals surface area contributed by atoms with E-state index in [1.165, 1.54) is 18.2 Å². The van der Waals surface area contributed by atoms with Gasteiger partial charge in [-0.1, -0.05) is 23.4 Å². The van der Waals surface area contributed by atoms with Crippen LogP contribution in [0, 0.1) is 0 Å². The first-order valence-electron chi connectivity index (χ1n) is 4.68. The van der Waals surface area contributed by atoms with Crippen molar-refractivity contribution in [3.05, 3.63) is 35.9 Å². The molecule has 5 heteroatoms. The first kappa shape index (κ1) is 10.6. The van der Waals surface area contributed by atoms with Crippen molar-refractivity contribution in [3.8, 4) is 11.3 Å². The average molecular weight is 224 g/mol. The van der Waals surface area contributed by atoms with Gasteiger partial charge in [0.05, 0.1) is 0 Å². The van der Waals surface area contributed by atoms with Gasteiger partial charge in [0.2, 0.25) is 0 Å². The zero-order valence-corrected chi connectivity index (χ0v) is 8.58. The molecule has 0 fully saturated rings. The highest BCUT2D eigenvalue weighted by Crippen LogP contribution is 2.30. The summed E-state index contributed by atoms with van der Waals surface area (Å²) < 4.78 is 31.1. The summed E-state index contributed by atoms with van der Waals surface area (Å²) in [7, 11) is 0. The van der Waals surface area contributed by atoms with Gasteiger partial charge >= 0.3 is 0 Å². The van der Waals surface area contributed by atoms with Crippen LogP contribution in [0.3, 0.4) is 0 Å². The molecule has 0 aliphatic heterocycles. The number of anilines is 1. The molecule has 16 heavy (non-hydrogen) atoms. The van der Waals surface area contributed by atoms with Gasteiger partial charge in [-0.05, 0) is 6.07 Å². The molecule has 0 saturated carbocycles. The van der Waals surface area contributed by atoms with Crippen molar-refractivity contribution < 1.29 is 13.3 Å². The number of aromatic nitrogens is 1. The maximum Gasteiger partial charge on any atom is 0.270 e. The normalized spacial score (nSPS) is 11.7. The molecule has 3 nitrogen and oxygen atoms in total. The lowest BCUT2D eigenvalue weighted by Crippen LogP contribution is -2.06. The minimum Gasteiger partial charge on any atom is -0.381 e. The van der Waals surface area contributed by atoms with E-state index in [1.54, 1.807) is 12.1 Å². The molecule has 0 bridgehead atoms. The fourth-order valence-corrected chi connectivity index (χ4v) is 1.37. The van der Waals surface area contributed by atoms with Gasteiger partial charge < -0.3 is 10.3 Å². The highest BCUT2D eigenvalue weighted by atomic mass is 19.3. The lowest BCUT2D eigenvalue weighted by Gasteiger charge is -2.10. The van der Waals surface area contributed by atoms with Crippen LogP contribution in [0.5, 0.6) is 0 Å². The Morgan fingerprint density at radius 1 is 1.31 bits per heavy atom. The van der Waals surface area contributed by atoms with Crippen molar-refractivity contribution in [2.75, 3.05) is 5.73 Å². The molecule has 2 N–H and O–H groups in total. The third kappa shape index (κ3) is 2.03. The molecule has 84 valence electrons. The Labute approximate surface area is 90.9 Å². The second kappa shape index (κ2) is 3.59. The van der Waals surface area contributed by atoms with Crippen LogP contribution in [0.25, 0.3) is 11.3 Å². The Kier molecular flexibility index (Phi) is 2.38. The van der Waals surface area contributed by atoms with E-state index in [2.05, 4.69) is 5.16 Å². The van der Waals surface area contributed by atoms with Gasteiger partial charge in [-0.15, -0.1) is 0 Å².